The number of hydrogen-bond acceptors (Lipinski definition) is 4. The number of rotatable bonds is 3. The van der Waals surface area contributed by atoms with Gasteiger partial charge < -0.3 is 9.47 Å². The molecule has 0 saturated carbocycles. The van der Waals surface area contributed by atoms with Gasteiger partial charge in [-0.25, -0.2) is 9.78 Å². The maximum Gasteiger partial charge on any atom is 0.573 e. The number of ether oxygens (including phenoxy) is 2. The van der Waals surface area contributed by atoms with Crippen molar-refractivity contribution in [3.8, 4) is 17.0 Å². The zero-order chi connectivity index (χ0) is 22.3. The number of carbonyl (C=O) groups excluding carboxylic acids is 1. The van der Waals surface area contributed by atoms with E-state index < -0.39 is 29.8 Å². The van der Waals surface area contributed by atoms with Gasteiger partial charge in [0.2, 0.25) is 0 Å². The number of methoxy groups -OCH3 is 1. The van der Waals surface area contributed by atoms with Crippen LogP contribution in [0.1, 0.15) is 21.5 Å². The summed E-state index contributed by atoms with van der Waals surface area (Å²) in [5.74, 6) is -1.45. The number of carbonyl (C=O) groups is 1. The minimum absolute atomic E-state index is 0.0109. The standard InChI is InChI=1S/C20H13F6NO3/c1-10-16(18(28)29-2)14-9-13(30-20(24,25)26)6-7-15(14)27-17(10)11-4-3-5-12(8-11)19(21,22)23/h3-9H,1-2H3. The summed E-state index contributed by atoms with van der Waals surface area (Å²) in [5.41, 5.74) is -0.637. The molecule has 0 aliphatic heterocycles. The van der Waals surface area contributed by atoms with Crippen molar-refractivity contribution in [2.75, 3.05) is 7.11 Å². The quantitative estimate of drug-likeness (QED) is 0.383. The molecule has 158 valence electrons. The van der Waals surface area contributed by atoms with E-state index in [1.807, 2.05) is 0 Å². The van der Waals surface area contributed by atoms with Crippen LogP contribution in [0.5, 0.6) is 5.75 Å². The summed E-state index contributed by atoms with van der Waals surface area (Å²) in [6.45, 7) is 1.42. The van der Waals surface area contributed by atoms with E-state index in [1.165, 1.54) is 25.1 Å². The number of halogens is 6. The number of alkyl halides is 6. The summed E-state index contributed by atoms with van der Waals surface area (Å²) in [5, 5.41) is 0.0109. The normalized spacial score (nSPS) is 12.1. The highest BCUT2D eigenvalue weighted by Gasteiger charge is 2.32. The summed E-state index contributed by atoms with van der Waals surface area (Å²) >= 11 is 0. The van der Waals surface area contributed by atoms with Crippen molar-refractivity contribution in [1.82, 2.24) is 4.98 Å². The van der Waals surface area contributed by atoms with E-state index in [1.54, 1.807) is 0 Å². The number of benzene rings is 2. The number of aromatic nitrogens is 1. The molecule has 30 heavy (non-hydrogen) atoms. The van der Waals surface area contributed by atoms with Gasteiger partial charge in [-0.05, 0) is 42.8 Å². The van der Waals surface area contributed by atoms with Crippen LogP contribution in [0.15, 0.2) is 42.5 Å². The minimum atomic E-state index is -4.94. The van der Waals surface area contributed by atoms with Crippen molar-refractivity contribution in [1.29, 1.82) is 0 Å². The van der Waals surface area contributed by atoms with Crippen molar-refractivity contribution in [2.24, 2.45) is 0 Å². The Morgan fingerprint density at radius 2 is 1.70 bits per heavy atom. The van der Waals surface area contributed by atoms with Crippen LogP contribution >= 0.6 is 0 Å². The van der Waals surface area contributed by atoms with E-state index in [0.717, 1.165) is 31.4 Å². The van der Waals surface area contributed by atoms with Crippen LogP contribution in [0, 0.1) is 6.92 Å². The topological polar surface area (TPSA) is 48.4 Å². The van der Waals surface area contributed by atoms with Crippen LogP contribution in [0.2, 0.25) is 0 Å². The van der Waals surface area contributed by atoms with Crippen molar-refractivity contribution < 1.29 is 40.6 Å². The van der Waals surface area contributed by atoms with Crippen LogP contribution in [-0.4, -0.2) is 24.4 Å². The lowest BCUT2D eigenvalue weighted by Crippen LogP contribution is -2.17. The molecule has 0 unspecified atom stereocenters. The molecule has 2 aromatic carbocycles. The Kier molecular flexibility index (Phi) is 5.36. The molecule has 1 heterocycles. The molecule has 0 aliphatic rings. The molecule has 0 saturated heterocycles. The summed E-state index contributed by atoms with van der Waals surface area (Å²) in [6.07, 6.45) is -9.53. The van der Waals surface area contributed by atoms with E-state index in [-0.39, 0.29) is 33.3 Å². The molecule has 0 spiro atoms. The Balaban J connectivity index is 2.27. The fourth-order valence-corrected chi connectivity index (χ4v) is 3.02. The predicted octanol–water partition coefficient (Wildman–Crippen LogP) is 5.91. The van der Waals surface area contributed by atoms with Gasteiger partial charge in [-0.2, -0.15) is 13.2 Å². The molecule has 0 aliphatic carbocycles. The Morgan fingerprint density at radius 1 is 1.00 bits per heavy atom. The zero-order valence-corrected chi connectivity index (χ0v) is 15.5. The maximum atomic E-state index is 13.1. The molecule has 0 radical (unpaired) electrons. The fraction of sp³-hybridized carbons (Fsp3) is 0.200. The molecule has 0 bridgehead atoms. The highest BCUT2D eigenvalue weighted by molar-refractivity contribution is 6.06. The van der Waals surface area contributed by atoms with Crippen LogP contribution in [-0.2, 0) is 10.9 Å². The van der Waals surface area contributed by atoms with Crippen LogP contribution in [0.25, 0.3) is 22.2 Å². The highest BCUT2D eigenvalue weighted by atomic mass is 19.4. The smallest absolute Gasteiger partial charge is 0.465 e. The summed E-state index contributed by atoms with van der Waals surface area (Å²) in [6, 6.07) is 7.50. The molecule has 1 aromatic heterocycles. The molecule has 3 rings (SSSR count). The number of fused-ring (bicyclic) bond motifs is 1. The van der Waals surface area contributed by atoms with Gasteiger partial charge in [0.25, 0.3) is 0 Å². The Hall–Kier alpha value is -3.30. The summed E-state index contributed by atoms with van der Waals surface area (Å²) < 4.78 is 85.5. The molecule has 0 fully saturated rings. The average molecular weight is 429 g/mol. The van der Waals surface area contributed by atoms with Crippen molar-refractivity contribution in [3.63, 3.8) is 0 Å². The third-order valence-corrected chi connectivity index (χ3v) is 4.29. The Morgan fingerprint density at radius 3 is 2.30 bits per heavy atom. The minimum Gasteiger partial charge on any atom is -0.465 e. The second-order valence-corrected chi connectivity index (χ2v) is 6.26. The van der Waals surface area contributed by atoms with Crippen molar-refractivity contribution >= 4 is 16.9 Å². The summed E-state index contributed by atoms with van der Waals surface area (Å²) in [4.78, 5) is 16.6. The molecule has 0 atom stereocenters. The first kappa shape index (κ1) is 21.4. The number of hydrogen-bond donors (Lipinski definition) is 0. The van der Waals surface area contributed by atoms with Gasteiger partial charge in [-0.1, -0.05) is 12.1 Å². The van der Waals surface area contributed by atoms with Gasteiger partial charge >= 0.3 is 18.5 Å². The van der Waals surface area contributed by atoms with Gasteiger partial charge in [0.15, 0.2) is 0 Å². The van der Waals surface area contributed by atoms with Gasteiger partial charge in [-0.3, -0.25) is 0 Å². The Labute approximate surface area is 166 Å². The van der Waals surface area contributed by atoms with Crippen molar-refractivity contribution in [2.45, 2.75) is 19.5 Å². The van der Waals surface area contributed by atoms with E-state index in [2.05, 4.69) is 9.72 Å². The second kappa shape index (κ2) is 7.51. The molecular formula is C20H13F6NO3. The first-order valence-electron chi connectivity index (χ1n) is 8.37. The lowest BCUT2D eigenvalue weighted by atomic mass is 9.96. The number of nitrogens with zero attached hydrogens (tertiary/aromatic N) is 1. The molecule has 0 N–H and O–H groups in total. The van der Waals surface area contributed by atoms with Gasteiger partial charge in [-0.15, -0.1) is 13.2 Å². The third kappa shape index (κ3) is 4.32. The largest absolute Gasteiger partial charge is 0.573 e. The third-order valence-electron chi connectivity index (χ3n) is 4.29. The van der Waals surface area contributed by atoms with Gasteiger partial charge in [0.1, 0.15) is 5.75 Å². The summed E-state index contributed by atoms with van der Waals surface area (Å²) in [7, 11) is 1.08. The highest BCUT2D eigenvalue weighted by Crippen LogP contribution is 2.36. The average Bonchev–Trinajstić information content (AvgIpc) is 2.65. The molecule has 0 amide bonds. The zero-order valence-electron chi connectivity index (χ0n) is 15.5. The lowest BCUT2D eigenvalue weighted by Gasteiger charge is -2.16. The number of esters is 1. The lowest BCUT2D eigenvalue weighted by molar-refractivity contribution is -0.274. The van der Waals surface area contributed by atoms with E-state index >= 15 is 0 Å². The second-order valence-electron chi connectivity index (χ2n) is 6.26. The van der Waals surface area contributed by atoms with E-state index in [0.29, 0.717) is 0 Å². The van der Waals surface area contributed by atoms with Crippen LogP contribution < -0.4 is 4.74 Å². The Bertz CT molecular complexity index is 1120. The van der Waals surface area contributed by atoms with Gasteiger partial charge in [0, 0.05) is 10.9 Å². The number of pyridine rings is 1. The predicted molar refractivity (Wildman–Crippen MR) is 94.9 cm³/mol. The molecule has 4 nitrogen and oxygen atoms in total. The first-order valence-corrected chi connectivity index (χ1v) is 8.37. The van der Waals surface area contributed by atoms with E-state index in [4.69, 9.17) is 4.74 Å². The monoisotopic (exact) mass is 429 g/mol. The first-order chi connectivity index (χ1) is 13.9. The maximum absolute atomic E-state index is 13.1. The molecular weight excluding hydrogens is 416 g/mol. The van der Waals surface area contributed by atoms with E-state index in [9.17, 15) is 31.1 Å². The fourth-order valence-electron chi connectivity index (χ4n) is 3.02. The molecule has 3 aromatic rings. The van der Waals surface area contributed by atoms with Crippen LogP contribution in [0.3, 0.4) is 0 Å². The van der Waals surface area contributed by atoms with Gasteiger partial charge in [0.05, 0.1) is 29.4 Å². The van der Waals surface area contributed by atoms with Crippen LogP contribution in [0.4, 0.5) is 26.3 Å². The SMILES string of the molecule is COC(=O)c1c(C)c(-c2cccc(C(F)(F)F)c2)nc2ccc(OC(F)(F)F)cc12. The van der Waals surface area contributed by atoms with Crippen molar-refractivity contribution in [3.05, 3.63) is 59.2 Å². The molecule has 10 heteroatoms.